The number of halogens is 1. The molecule has 0 radical (unpaired) electrons. The minimum atomic E-state index is 0.0572. The van der Waals surface area contributed by atoms with E-state index in [4.69, 9.17) is 0 Å². The second kappa shape index (κ2) is 6.02. The Balaban J connectivity index is 1.98. The molecular weight excluding hydrogens is 339 g/mol. The highest BCUT2D eigenvalue weighted by atomic mass is 127. The first-order valence-corrected chi connectivity index (χ1v) is 7.41. The Morgan fingerprint density at radius 2 is 2.17 bits per heavy atom. The fourth-order valence-electron chi connectivity index (χ4n) is 2.33. The van der Waals surface area contributed by atoms with E-state index >= 15 is 0 Å². The Morgan fingerprint density at radius 1 is 1.44 bits per heavy atom. The number of hydrogen-bond donors (Lipinski definition) is 1. The molecule has 0 aromatic heterocycles. The van der Waals surface area contributed by atoms with Crippen LogP contribution in [-0.4, -0.2) is 36.5 Å². The van der Waals surface area contributed by atoms with Gasteiger partial charge in [0.15, 0.2) is 0 Å². The number of nitrogens with one attached hydrogen (secondary N) is 1. The summed E-state index contributed by atoms with van der Waals surface area (Å²) in [5, 5.41) is 3.16. The van der Waals surface area contributed by atoms with Gasteiger partial charge in [0.2, 0.25) is 0 Å². The van der Waals surface area contributed by atoms with Gasteiger partial charge in [0.05, 0.1) is 5.56 Å². The summed E-state index contributed by atoms with van der Waals surface area (Å²) < 4.78 is 1.01. The van der Waals surface area contributed by atoms with Crippen LogP contribution in [-0.2, 0) is 0 Å². The summed E-state index contributed by atoms with van der Waals surface area (Å²) in [5.41, 5.74) is 0.782. The van der Waals surface area contributed by atoms with Crippen molar-refractivity contribution in [2.45, 2.75) is 31.8 Å². The van der Waals surface area contributed by atoms with Crippen molar-refractivity contribution in [1.29, 1.82) is 0 Å². The largest absolute Gasteiger partial charge is 0.349 e. The molecule has 4 heteroatoms. The van der Waals surface area contributed by atoms with Crippen LogP contribution in [0.2, 0.25) is 0 Å². The van der Waals surface area contributed by atoms with Crippen LogP contribution in [0.1, 0.15) is 30.1 Å². The molecular formula is C14H19IN2O. The number of hydrogen-bond acceptors (Lipinski definition) is 2. The van der Waals surface area contributed by atoms with Crippen LogP contribution in [0.4, 0.5) is 0 Å². The number of nitrogens with zero attached hydrogens (tertiary/aromatic N) is 1. The number of carbonyl (C=O) groups is 1. The van der Waals surface area contributed by atoms with Crippen molar-refractivity contribution in [3.63, 3.8) is 0 Å². The average molecular weight is 358 g/mol. The van der Waals surface area contributed by atoms with Crippen molar-refractivity contribution in [2.24, 2.45) is 0 Å². The molecule has 1 aromatic rings. The molecule has 2 rings (SSSR count). The highest BCUT2D eigenvalue weighted by Crippen LogP contribution is 2.17. The summed E-state index contributed by atoms with van der Waals surface area (Å²) in [5.74, 6) is 0.0572. The quantitative estimate of drug-likeness (QED) is 0.824. The first-order chi connectivity index (χ1) is 8.58. The maximum atomic E-state index is 12.2. The molecule has 3 nitrogen and oxygen atoms in total. The van der Waals surface area contributed by atoms with Crippen LogP contribution < -0.4 is 5.32 Å². The number of benzene rings is 1. The molecule has 18 heavy (non-hydrogen) atoms. The molecule has 2 atom stereocenters. The summed E-state index contributed by atoms with van der Waals surface area (Å²) in [6.07, 6.45) is 2.07. The molecule has 1 heterocycles. The third-order valence-electron chi connectivity index (χ3n) is 3.66. The minimum Gasteiger partial charge on any atom is -0.349 e. The molecule has 0 saturated carbocycles. The van der Waals surface area contributed by atoms with Gasteiger partial charge in [-0.3, -0.25) is 4.79 Å². The predicted molar refractivity (Wildman–Crippen MR) is 81.7 cm³/mol. The van der Waals surface area contributed by atoms with Crippen LogP contribution >= 0.6 is 22.6 Å². The zero-order chi connectivity index (χ0) is 13.1. The van der Waals surface area contributed by atoms with E-state index in [-0.39, 0.29) is 5.91 Å². The Hall–Kier alpha value is -0.620. The van der Waals surface area contributed by atoms with Gasteiger partial charge >= 0.3 is 0 Å². The van der Waals surface area contributed by atoms with E-state index in [0.29, 0.717) is 12.1 Å². The van der Waals surface area contributed by atoms with Gasteiger partial charge in [-0.05, 0) is 61.5 Å². The maximum Gasteiger partial charge on any atom is 0.252 e. The Labute approximate surface area is 122 Å². The van der Waals surface area contributed by atoms with Gasteiger partial charge in [0.25, 0.3) is 5.91 Å². The van der Waals surface area contributed by atoms with Crippen LogP contribution in [0.5, 0.6) is 0 Å². The molecule has 1 N–H and O–H groups in total. The van der Waals surface area contributed by atoms with Crippen LogP contribution in [0.25, 0.3) is 0 Å². The van der Waals surface area contributed by atoms with Gasteiger partial charge < -0.3 is 10.2 Å². The second-order valence-electron chi connectivity index (χ2n) is 5.00. The maximum absolute atomic E-state index is 12.2. The van der Waals surface area contributed by atoms with Crippen LogP contribution in [0, 0.1) is 3.57 Å². The average Bonchev–Trinajstić information content (AvgIpc) is 2.34. The van der Waals surface area contributed by atoms with Crippen LogP contribution in [0.15, 0.2) is 24.3 Å². The Bertz CT molecular complexity index is 436. The summed E-state index contributed by atoms with van der Waals surface area (Å²) in [6, 6.07) is 8.56. The lowest BCUT2D eigenvalue weighted by atomic mass is 9.98. The van der Waals surface area contributed by atoms with Gasteiger partial charge in [-0.25, -0.2) is 0 Å². The van der Waals surface area contributed by atoms with Crippen molar-refractivity contribution in [3.8, 4) is 0 Å². The third kappa shape index (κ3) is 3.23. The summed E-state index contributed by atoms with van der Waals surface area (Å²) in [6.45, 7) is 3.27. The summed E-state index contributed by atoms with van der Waals surface area (Å²) in [4.78, 5) is 14.5. The van der Waals surface area contributed by atoms with Gasteiger partial charge in [0, 0.05) is 22.2 Å². The highest BCUT2D eigenvalue weighted by molar-refractivity contribution is 14.1. The first-order valence-electron chi connectivity index (χ1n) is 6.33. The fraction of sp³-hybridized carbons (Fsp3) is 0.500. The van der Waals surface area contributed by atoms with Crippen LogP contribution in [0.3, 0.4) is 0 Å². The Kier molecular flexibility index (Phi) is 4.61. The van der Waals surface area contributed by atoms with Crippen molar-refractivity contribution in [3.05, 3.63) is 33.4 Å². The molecule has 1 amide bonds. The lowest BCUT2D eigenvalue weighted by Crippen LogP contribution is -2.47. The predicted octanol–water partition coefficient (Wildman–Crippen LogP) is 2.50. The van der Waals surface area contributed by atoms with E-state index in [1.807, 2.05) is 24.3 Å². The minimum absolute atomic E-state index is 0.0572. The van der Waals surface area contributed by atoms with E-state index in [2.05, 4.69) is 46.8 Å². The van der Waals surface area contributed by atoms with E-state index in [1.54, 1.807) is 0 Å². The number of rotatable bonds is 2. The van der Waals surface area contributed by atoms with E-state index < -0.39 is 0 Å². The third-order valence-corrected chi connectivity index (χ3v) is 4.60. The van der Waals surface area contributed by atoms with Gasteiger partial charge in [0.1, 0.15) is 0 Å². The monoisotopic (exact) mass is 358 g/mol. The fourth-order valence-corrected chi connectivity index (χ4v) is 2.96. The molecule has 2 unspecified atom stereocenters. The zero-order valence-electron chi connectivity index (χ0n) is 10.8. The highest BCUT2D eigenvalue weighted by Gasteiger charge is 2.24. The normalized spacial score (nSPS) is 24.8. The van der Waals surface area contributed by atoms with Gasteiger partial charge in [-0.15, -0.1) is 0 Å². The molecule has 98 valence electrons. The number of amides is 1. The van der Waals surface area contributed by atoms with Crippen molar-refractivity contribution in [2.75, 3.05) is 13.6 Å². The molecule has 0 bridgehead atoms. The topological polar surface area (TPSA) is 32.3 Å². The molecule has 1 aliphatic heterocycles. The number of piperidine rings is 1. The second-order valence-corrected chi connectivity index (χ2v) is 6.17. The molecule has 1 aliphatic rings. The summed E-state index contributed by atoms with van der Waals surface area (Å²) in [7, 11) is 2.14. The first kappa shape index (κ1) is 13.8. The van der Waals surface area contributed by atoms with E-state index in [9.17, 15) is 4.79 Å². The lowest BCUT2D eigenvalue weighted by Gasteiger charge is -2.35. The Morgan fingerprint density at radius 3 is 2.83 bits per heavy atom. The molecule has 1 saturated heterocycles. The number of likely N-dealkylation sites (tertiary alicyclic amines) is 1. The SMILES string of the molecule is CC1CC(NC(=O)c2ccccc2I)CCN1C. The zero-order valence-corrected chi connectivity index (χ0v) is 13.0. The molecule has 0 aliphatic carbocycles. The van der Waals surface area contributed by atoms with Gasteiger partial charge in [-0.2, -0.15) is 0 Å². The van der Waals surface area contributed by atoms with Crippen molar-refractivity contribution in [1.82, 2.24) is 10.2 Å². The van der Waals surface area contributed by atoms with E-state index in [1.165, 1.54) is 0 Å². The standard InChI is InChI=1S/C14H19IN2O/c1-10-9-11(7-8-17(10)2)16-14(18)12-5-3-4-6-13(12)15/h3-6,10-11H,7-9H2,1-2H3,(H,16,18). The van der Waals surface area contributed by atoms with Crippen molar-refractivity contribution < 1.29 is 4.79 Å². The van der Waals surface area contributed by atoms with Gasteiger partial charge in [-0.1, -0.05) is 12.1 Å². The lowest BCUT2D eigenvalue weighted by molar-refractivity contribution is 0.0895. The molecule has 1 aromatic carbocycles. The molecule has 0 spiro atoms. The number of carbonyl (C=O) groups excluding carboxylic acids is 1. The summed E-state index contributed by atoms with van der Waals surface area (Å²) >= 11 is 2.21. The molecule has 1 fully saturated rings. The smallest absolute Gasteiger partial charge is 0.252 e. The van der Waals surface area contributed by atoms with Crippen molar-refractivity contribution >= 4 is 28.5 Å². The van der Waals surface area contributed by atoms with E-state index in [0.717, 1.165) is 28.5 Å².